The zero-order valence-corrected chi connectivity index (χ0v) is 12.2. The van der Waals surface area contributed by atoms with E-state index in [1.807, 2.05) is 6.07 Å². The van der Waals surface area contributed by atoms with Crippen LogP contribution in [0.2, 0.25) is 0 Å². The van der Waals surface area contributed by atoms with Crippen LogP contribution >= 0.6 is 0 Å². The maximum absolute atomic E-state index is 12.9. The molecular formula is C17H17NO4. The Morgan fingerprint density at radius 2 is 1.64 bits per heavy atom. The number of para-hydroxylation sites is 1. The molecule has 5 nitrogen and oxygen atoms in total. The van der Waals surface area contributed by atoms with Crippen LogP contribution in [0.1, 0.15) is 32.1 Å². The number of esters is 1. The number of ether oxygens (including phenoxy) is 1. The van der Waals surface area contributed by atoms with Crippen molar-refractivity contribution in [2.24, 2.45) is 11.8 Å². The quantitative estimate of drug-likeness (QED) is 0.452. The van der Waals surface area contributed by atoms with Gasteiger partial charge in [-0.2, -0.15) is 0 Å². The molecule has 4 rings (SSSR count). The van der Waals surface area contributed by atoms with Gasteiger partial charge < -0.3 is 4.74 Å². The Kier molecular flexibility index (Phi) is 2.86. The van der Waals surface area contributed by atoms with Gasteiger partial charge in [0.2, 0.25) is 11.8 Å². The van der Waals surface area contributed by atoms with Gasteiger partial charge in [-0.05, 0) is 37.8 Å². The summed E-state index contributed by atoms with van der Waals surface area (Å²) in [6.45, 7) is 0. The maximum atomic E-state index is 12.9. The van der Waals surface area contributed by atoms with Crippen LogP contribution in [-0.4, -0.2) is 23.4 Å². The summed E-state index contributed by atoms with van der Waals surface area (Å²) in [6, 6.07) is 8.81. The van der Waals surface area contributed by atoms with E-state index in [9.17, 15) is 14.4 Å². The lowest BCUT2D eigenvalue weighted by atomic mass is 9.73. The fourth-order valence-electron chi connectivity index (χ4n) is 4.16. The van der Waals surface area contributed by atoms with Gasteiger partial charge in [-0.25, -0.2) is 4.90 Å². The van der Waals surface area contributed by atoms with Crippen LogP contribution in [0.5, 0.6) is 0 Å². The summed E-state index contributed by atoms with van der Waals surface area (Å²) in [6.07, 6.45) is 4.32. The Bertz CT molecular complexity index is 648. The highest BCUT2D eigenvalue weighted by Gasteiger charge is 2.67. The number of amides is 2. The van der Waals surface area contributed by atoms with Gasteiger partial charge in [-0.3, -0.25) is 14.4 Å². The first-order chi connectivity index (χ1) is 10.6. The summed E-state index contributed by atoms with van der Waals surface area (Å²) in [5.74, 6) is -2.84. The maximum Gasteiger partial charge on any atom is 0.320 e. The van der Waals surface area contributed by atoms with Crippen molar-refractivity contribution in [1.29, 1.82) is 0 Å². The third-order valence-electron chi connectivity index (χ3n) is 5.15. The molecule has 2 aliphatic heterocycles. The van der Waals surface area contributed by atoms with Crippen molar-refractivity contribution in [3.63, 3.8) is 0 Å². The van der Waals surface area contributed by atoms with Crippen LogP contribution < -0.4 is 4.90 Å². The fraction of sp³-hybridized carbons (Fsp3) is 0.471. The van der Waals surface area contributed by atoms with E-state index in [0.717, 1.165) is 19.3 Å². The molecule has 1 spiro atoms. The molecule has 3 aliphatic rings. The molecule has 1 aromatic carbocycles. The Labute approximate surface area is 128 Å². The second kappa shape index (κ2) is 4.66. The van der Waals surface area contributed by atoms with Gasteiger partial charge in [0.25, 0.3) is 0 Å². The third kappa shape index (κ3) is 1.68. The van der Waals surface area contributed by atoms with Gasteiger partial charge in [0, 0.05) is 0 Å². The molecule has 0 N–H and O–H groups in total. The van der Waals surface area contributed by atoms with Crippen molar-refractivity contribution in [3.05, 3.63) is 30.3 Å². The number of carbonyl (C=O) groups excluding carboxylic acids is 3. The number of hydrogen-bond donors (Lipinski definition) is 0. The molecule has 5 heteroatoms. The number of imide groups is 1. The Morgan fingerprint density at radius 3 is 2.32 bits per heavy atom. The molecule has 22 heavy (non-hydrogen) atoms. The average molecular weight is 299 g/mol. The summed E-state index contributed by atoms with van der Waals surface area (Å²) in [7, 11) is 0. The van der Waals surface area contributed by atoms with Crippen LogP contribution in [0.4, 0.5) is 5.69 Å². The largest absolute Gasteiger partial charge is 0.458 e. The van der Waals surface area contributed by atoms with Crippen molar-refractivity contribution in [1.82, 2.24) is 0 Å². The van der Waals surface area contributed by atoms with Crippen molar-refractivity contribution >= 4 is 23.5 Å². The predicted molar refractivity (Wildman–Crippen MR) is 77.8 cm³/mol. The van der Waals surface area contributed by atoms with Crippen molar-refractivity contribution in [3.8, 4) is 0 Å². The Hall–Kier alpha value is -2.17. The van der Waals surface area contributed by atoms with Crippen molar-refractivity contribution < 1.29 is 19.1 Å². The van der Waals surface area contributed by atoms with Gasteiger partial charge >= 0.3 is 5.97 Å². The molecule has 1 aliphatic carbocycles. The lowest BCUT2D eigenvalue weighted by Crippen LogP contribution is -2.44. The van der Waals surface area contributed by atoms with E-state index in [4.69, 9.17) is 4.74 Å². The first kappa shape index (κ1) is 13.5. The van der Waals surface area contributed by atoms with Crippen LogP contribution in [0.3, 0.4) is 0 Å². The lowest BCUT2D eigenvalue weighted by molar-refractivity contribution is -0.156. The van der Waals surface area contributed by atoms with E-state index >= 15 is 0 Å². The molecular weight excluding hydrogens is 282 g/mol. The highest BCUT2D eigenvalue weighted by atomic mass is 16.6. The summed E-state index contributed by atoms with van der Waals surface area (Å²) < 4.78 is 5.57. The molecule has 2 amide bonds. The van der Waals surface area contributed by atoms with Crippen molar-refractivity contribution in [2.75, 3.05) is 4.90 Å². The van der Waals surface area contributed by atoms with E-state index in [1.165, 1.54) is 4.90 Å². The topological polar surface area (TPSA) is 63.7 Å². The number of rotatable bonds is 1. The van der Waals surface area contributed by atoms with E-state index in [1.54, 1.807) is 24.3 Å². The molecule has 2 saturated heterocycles. The van der Waals surface area contributed by atoms with Crippen molar-refractivity contribution in [2.45, 2.75) is 37.7 Å². The van der Waals surface area contributed by atoms with Gasteiger partial charge in [-0.15, -0.1) is 0 Å². The minimum Gasteiger partial charge on any atom is -0.458 e. The molecule has 0 aromatic heterocycles. The molecule has 3 fully saturated rings. The van der Waals surface area contributed by atoms with Crippen LogP contribution in [0.15, 0.2) is 30.3 Å². The summed E-state index contributed by atoms with van der Waals surface area (Å²) in [5, 5.41) is 0. The fourth-order valence-corrected chi connectivity index (χ4v) is 4.16. The lowest BCUT2D eigenvalue weighted by Gasteiger charge is -2.35. The average Bonchev–Trinajstić information content (AvgIpc) is 2.96. The molecule has 1 saturated carbocycles. The number of hydrogen-bond acceptors (Lipinski definition) is 4. The number of benzene rings is 1. The normalized spacial score (nSPS) is 29.8. The number of carbonyl (C=O) groups is 3. The molecule has 2 unspecified atom stereocenters. The second-order valence-electron chi connectivity index (χ2n) is 6.35. The number of fused-ring (bicyclic) bond motifs is 2. The predicted octanol–water partition coefficient (Wildman–Crippen LogP) is 2.05. The Morgan fingerprint density at radius 1 is 0.955 bits per heavy atom. The van der Waals surface area contributed by atoms with Crippen LogP contribution in [0, 0.1) is 11.8 Å². The van der Waals surface area contributed by atoms with E-state index in [0.29, 0.717) is 18.5 Å². The zero-order chi connectivity index (χ0) is 15.3. The van der Waals surface area contributed by atoms with Crippen LogP contribution in [0.25, 0.3) is 0 Å². The SMILES string of the molecule is O=C1OC2(CCCCC2)C2C(=O)N(c3ccccc3)C(=O)C12. The van der Waals surface area contributed by atoms with Crippen LogP contribution in [-0.2, 0) is 19.1 Å². The molecule has 0 bridgehead atoms. The summed E-state index contributed by atoms with van der Waals surface area (Å²) >= 11 is 0. The third-order valence-corrected chi connectivity index (χ3v) is 5.15. The first-order valence-corrected chi connectivity index (χ1v) is 7.80. The highest BCUT2D eigenvalue weighted by molar-refractivity contribution is 6.28. The second-order valence-corrected chi connectivity index (χ2v) is 6.35. The molecule has 2 heterocycles. The minimum atomic E-state index is -0.953. The smallest absolute Gasteiger partial charge is 0.320 e. The van der Waals surface area contributed by atoms with Gasteiger partial charge in [0.15, 0.2) is 5.92 Å². The molecule has 114 valence electrons. The zero-order valence-electron chi connectivity index (χ0n) is 12.2. The van der Waals surface area contributed by atoms with E-state index < -0.39 is 29.3 Å². The molecule has 0 radical (unpaired) electrons. The molecule has 2 atom stereocenters. The summed E-state index contributed by atoms with van der Waals surface area (Å²) in [4.78, 5) is 38.9. The standard InChI is InChI=1S/C17H17NO4/c19-14-12-13(15(20)18(14)11-7-3-1-4-8-11)17(22-16(12)21)9-5-2-6-10-17/h1,3-4,7-8,12-13H,2,5-6,9-10H2. The highest BCUT2D eigenvalue weighted by Crippen LogP contribution is 2.51. The van der Waals surface area contributed by atoms with Gasteiger partial charge in [-0.1, -0.05) is 24.6 Å². The first-order valence-electron chi connectivity index (χ1n) is 7.80. The number of anilines is 1. The molecule has 1 aromatic rings. The van der Waals surface area contributed by atoms with E-state index in [2.05, 4.69) is 0 Å². The van der Waals surface area contributed by atoms with Gasteiger partial charge in [0.1, 0.15) is 11.5 Å². The Balaban J connectivity index is 1.76. The van der Waals surface area contributed by atoms with E-state index in [-0.39, 0.29) is 5.91 Å². The minimum absolute atomic E-state index is 0.283. The summed E-state index contributed by atoms with van der Waals surface area (Å²) in [5.41, 5.74) is -0.221. The number of nitrogens with zero attached hydrogens (tertiary/aromatic N) is 1. The monoisotopic (exact) mass is 299 g/mol. The van der Waals surface area contributed by atoms with Gasteiger partial charge in [0.05, 0.1) is 5.69 Å².